The number of nitrogens with one attached hydrogen (secondary N) is 1. The molecular formula is C22H25NO3. The third-order valence-corrected chi connectivity index (χ3v) is 5.66. The Morgan fingerprint density at radius 1 is 1.15 bits per heavy atom. The molecular weight excluding hydrogens is 326 g/mol. The lowest BCUT2D eigenvalue weighted by Gasteiger charge is -2.34. The van der Waals surface area contributed by atoms with Gasteiger partial charge in [-0.05, 0) is 79.3 Å². The van der Waals surface area contributed by atoms with Crippen molar-refractivity contribution in [2.24, 2.45) is 5.41 Å². The Morgan fingerprint density at radius 3 is 2.62 bits per heavy atom. The topological polar surface area (TPSA) is 58.6 Å². The first-order chi connectivity index (χ1) is 12.5. The Labute approximate surface area is 154 Å². The Balaban J connectivity index is 1.67. The van der Waals surface area contributed by atoms with Crippen LogP contribution in [-0.2, 0) is 6.42 Å². The van der Waals surface area contributed by atoms with Gasteiger partial charge in [-0.1, -0.05) is 30.3 Å². The van der Waals surface area contributed by atoms with Crippen LogP contribution in [0.1, 0.15) is 50.3 Å². The maximum absolute atomic E-state index is 11.3. The van der Waals surface area contributed by atoms with E-state index in [0.29, 0.717) is 0 Å². The molecule has 4 heteroatoms. The van der Waals surface area contributed by atoms with E-state index in [1.54, 1.807) is 0 Å². The van der Waals surface area contributed by atoms with E-state index in [1.165, 1.54) is 5.56 Å². The largest absolute Gasteiger partial charge is 0.491 e. The summed E-state index contributed by atoms with van der Waals surface area (Å²) in [6.07, 6.45) is 3.53. The minimum absolute atomic E-state index is 0.0755. The molecule has 1 unspecified atom stereocenters. The van der Waals surface area contributed by atoms with Crippen LogP contribution in [0.4, 0.5) is 4.79 Å². The van der Waals surface area contributed by atoms with E-state index in [-0.39, 0.29) is 17.6 Å². The monoisotopic (exact) mass is 351 g/mol. The van der Waals surface area contributed by atoms with Gasteiger partial charge in [0.2, 0.25) is 0 Å². The van der Waals surface area contributed by atoms with Crippen molar-refractivity contribution in [3.05, 3.63) is 53.6 Å². The van der Waals surface area contributed by atoms with Crippen molar-refractivity contribution < 1.29 is 14.6 Å². The maximum atomic E-state index is 11.3. The molecule has 2 N–H and O–H groups in total. The SMILES string of the molecule is CC(C)Oc1cccc(-c2ccc3c(c2)CCC2(CC2)C3NC(=O)O)c1. The number of hydrogen-bond donors (Lipinski definition) is 2. The molecule has 26 heavy (non-hydrogen) atoms. The maximum Gasteiger partial charge on any atom is 0.405 e. The van der Waals surface area contributed by atoms with Crippen molar-refractivity contribution in [2.45, 2.75) is 51.7 Å². The Hall–Kier alpha value is -2.49. The molecule has 2 aromatic rings. The van der Waals surface area contributed by atoms with Gasteiger partial charge >= 0.3 is 6.09 Å². The molecule has 0 saturated heterocycles. The average Bonchev–Trinajstić information content (AvgIpc) is 3.37. The second kappa shape index (κ2) is 6.35. The van der Waals surface area contributed by atoms with Crippen molar-refractivity contribution in [3.8, 4) is 16.9 Å². The molecule has 2 aliphatic rings. The van der Waals surface area contributed by atoms with Gasteiger partial charge in [-0.2, -0.15) is 0 Å². The Bertz CT molecular complexity index is 839. The first kappa shape index (κ1) is 17.0. The molecule has 4 rings (SSSR count). The smallest absolute Gasteiger partial charge is 0.405 e. The fourth-order valence-electron chi connectivity index (χ4n) is 4.22. The van der Waals surface area contributed by atoms with E-state index in [2.05, 4.69) is 35.6 Å². The summed E-state index contributed by atoms with van der Waals surface area (Å²) in [6.45, 7) is 4.05. The zero-order chi connectivity index (χ0) is 18.3. The van der Waals surface area contributed by atoms with Crippen LogP contribution in [0, 0.1) is 5.41 Å². The van der Waals surface area contributed by atoms with Crippen LogP contribution < -0.4 is 10.1 Å². The highest BCUT2D eigenvalue weighted by atomic mass is 16.5. The summed E-state index contributed by atoms with van der Waals surface area (Å²) in [5.41, 5.74) is 4.83. The highest BCUT2D eigenvalue weighted by molar-refractivity contribution is 5.69. The number of ether oxygens (including phenoxy) is 1. The fraction of sp³-hybridized carbons (Fsp3) is 0.409. The highest BCUT2D eigenvalue weighted by Gasteiger charge is 2.52. The first-order valence-electron chi connectivity index (χ1n) is 9.36. The lowest BCUT2D eigenvalue weighted by Crippen LogP contribution is -2.36. The first-order valence-corrected chi connectivity index (χ1v) is 9.36. The second-order valence-electron chi connectivity index (χ2n) is 7.85. The van der Waals surface area contributed by atoms with E-state index in [9.17, 15) is 9.90 Å². The molecule has 1 spiro atoms. The van der Waals surface area contributed by atoms with Gasteiger partial charge < -0.3 is 15.2 Å². The summed E-state index contributed by atoms with van der Waals surface area (Å²) in [5.74, 6) is 0.873. The molecule has 2 aliphatic carbocycles. The predicted molar refractivity (Wildman–Crippen MR) is 102 cm³/mol. The predicted octanol–water partition coefficient (Wildman–Crippen LogP) is 5.18. The van der Waals surface area contributed by atoms with Crippen LogP contribution in [-0.4, -0.2) is 17.3 Å². The van der Waals surface area contributed by atoms with E-state index in [4.69, 9.17) is 4.74 Å². The highest BCUT2D eigenvalue weighted by Crippen LogP contribution is 2.60. The number of amides is 1. The zero-order valence-electron chi connectivity index (χ0n) is 15.3. The molecule has 2 aromatic carbocycles. The average molecular weight is 351 g/mol. The van der Waals surface area contributed by atoms with E-state index in [1.807, 2.05) is 26.0 Å². The number of benzene rings is 2. The van der Waals surface area contributed by atoms with E-state index >= 15 is 0 Å². The van der Waals surface area contributed by atoms with Crippen molar-refractivity contribution in [1.82, 2.24) is 5.32 Å². The minimum Gasteiger partial charge on any atom is -0.491 e. The van der Waals surface area contributed by atoms with Gasteiger partial charge in [0.1, 0.15) is 5.75 Å². The molecule has 0 heterocycles. The number of fused-ring (bicyclic) bond motifs is 1. The van der Waals surface area contributed by atoms with E-state index in [0.717, 1.165) is 48.1 Å². The quantitative estimate of drug-likeness (QED) is 0.798. The molecule has 0 bridgehead atoms. The van der Waals surface area contributed by atoms with Crippen LogP contribution >= 0.6 is 0 Å². The molecule has 1 amide bonds. The van der Waals surface area contributed by atoms with Gasteiger partial charge in [0.05, 0.1) is 12.1 Å². The van der Waals surface area contributed by atoms with Gasteiger partial charge in [-0.25, -0.2) is 4.79 Å². The molecule has 1 fully saturated rings. The molecule has 0 aliphatic heterocycles. The fourth-order valence-corrected chi connectivity index (χ4v) is 4.22. The summed E-state index contributed by atoms with van der Waals surface area (Å²) in [4.78, 5) is 11.3. The van der Waals surface area contributed by atoms with Crippen molar-refractivity contribution in [2.75, 3.05) is 0 Å². The van der Waals surface area contributed by atoms with E-state index < -0.39 is 6.09 Å². The Kier molecular flexibility index (Phi) is 4.14. The summed E-state index contributed by atoms with van der Waals surface area (Å²) in [6, 6.07) is 14.5. The Morgan fingerprint density at radius 2 is 1.92 bits per heavy atom. The number of carbonyl (C=O) groups is 1. The van der Waals surface area contributed by atoms with Crippen molar-refractivity contribution in [3.63, 3.8) is 0 Å². The van der Waals surface area contributed by atoms with Crippen LogP contribution in [0.2, 0.25) is 0 Å². The molecule has 0 radical (unpaired) electrons. The number of rotatable bonds is 4. The second-order valence-corrected chi connectivity index (χ2v) is 7.85. The molecule has 1 saturated carbocycles. The summed E-state index contributed by atoms with van der Waals surface area (Å²) in [7, 11) is 0. The third kappa shape index (κ3) is 3.16. The van der Waals surface area contributed by atoms with Crippen LogP contribution in [0.3, 0.4) is 0 Å². The minimum atomic E-state index is -0.934. The number of carboxylic acid groups (broad SMARTS) is 1. The summed E-state index contributed by atoms with van der Waals surface area (Å²) >= 11 is 0. The van der Waals surface area contributed by atoms with Crippen LogP contribution in [0.25, 0.3) is 11.1 Å². The third-order valence-electron chi connectivity index (χ3n) is 5.66. The van der Waals surface area contributed by atoms with Crippen molar-refractivity contribution in [1.29, 1.82) is 0 Å². The van der Waals surface area contributed by atoms with Crippen LogP contribution in [0.15, 0.2) is 42.5 Å². The van der Waals surface area contributed by atoms with Gasteiger partial charge in [0.15, 0.2) is 0 Å². The summed E-state index contributed by atoms with van der Waals surface area (Å²) in [5, 5.41) is 12.0. The zero-order valence-corrected chi connectivity index (χ0v) is 15.3. The van der Waals surface area contributed by atoms with Gasteiger partial charge in [0.25, 0.3) is 0 Å². The molecule has 4 nitrogen and oxygen atoms in total. The molecule has 0 aromatic heterocycles. The number of aryl methyl sites for hydroxylation is 1. The lowest BCUT2D eigenvalue weighted by molar-refractivity contribution is 0.178. The lowest BCUT2D eigenvalue weighted by atomic mass is 9.76. The van der Waals surface area contributed by atoms with Crippen LogP contribution in [0.5, 0.6) is 5.75 Å². The molecule has 136 valence electrons. The molecule has 1 atom stereocenters. The standard InChI is InChI=1S/C22H25NO3/c1-14(2)26-18-5-3-4-15(13-18)16-6-7-19-17(12-16)8-9-22(10-11-22)20(19)23-21(24)25/h3-7,12-14,20,23H,8-11H2,1-2H3,(H,24,25). The van der Waals surface area contributed by atoms with Gasteiger partial charge in [0, 0.05) is 0 Å². The summed E-state index contributed by atoms with van der Waals surface area (Å²) < 4.78 is 5.81. The van der Waals surface area contributed by atoms with Gasteiger partial charge in [-0.3, -0.25) is 0 Å². The number of hydrogen-bond acceptors (Lipinski definition) is 2. The normalized spacial score (nSPS) is 19.9. The van der Waals surface area contributed by atoms with Crippen molar-refractivity contribution >= 4 is 6.09 Å². The van der Waals surface area contributed by atoms with Gasteiger partial charge in [-0.15, -0.1) is 0 Å².